The fourth-order valence-electron chi connectivity index (χ4n) is 1.66. The van der Waals surface area contributed by atoms with Crippen LogP contribution in [0.3, 0.4) is 0 Å². The first-order valence-electron chi connectivity index (χ1n) is 6.83. The molecule has 0 spiro atoms. The summed E-state index contributed by atoms with van der Waals surface area (Å²) < 4.78 is 18.5. The highest BCUT2D eigenvalue weighted by Crippen LogP contribution is 2.23. The quantitative estimate of drug-likeness (QED) is 0.197. The lowest BCUT2D eigenvalue weighted by Crippen LogP contribution is -2.18. The molecule has 11 heteroatoms. The van der Waals surface area contributed by atoms with Crippen LogP contribution in [0.25, 0.3) is 0 Å². The average Bonchev–Trinajstić information content (AvgIpc) is 2.96. The van der Waals surface area contributed by atoms with Gasteiger partial charge in [-0.2, -0.15) is 0 Å². The predicted octanol–water partition coefficient (Wildman–Crippen LogP) is 3.43. The Morgan fingerprint density at radius 2 is 2.08 bits per heavy atom. The van der Waals surface area contributed by atoms with Gasteiger partial charge in [0.15, 0.2) is 11.0 Å². The highest BCUT2D eigenvalue weighted by molar-refractivity contribution is 7.15. The highest BCUT2D eigenvalue weighted by Gasteiger charge is 2.25. The number of rotatable bonds is 6. The number of carbonyl (C=O) groups excluding carboxylic acids is 2. The van der Waals surface area contributed by atoms with Crippen LogP contribution < -0.4 is 5.32 Å². The Morgan fingerprint density at radius 3 is 2.68 bits per heavy atom. The lowest BCUT2D eigenvalue weighted by Gasteiger charge is -2.08. The van der Waals surface area contributed by atoms with Gasteiger partial charge in [0, 0.05) is 6.20 Å². The Bertz CT molecular complexity index is 857. The number of aryl methyl sites for hydroxylation is 1. The van der Waals surface area contributed by atoms with Crippen LogP contribution in [0.5, 0.6) is 0 Å². The fourth-order valence-corrected chi connectivity index (χ4v) is 2.63. The van der Waals surface area contributed by atoms with E-state index in [1.54, 1.807) is 13.8 Å². The number of hydrogen-bond acceptors (Lipinski definition) is 8. The molecule has 2 rings (SSSR count). The maximum absolute atomic E-state index is 13.6. The monoisotopic (exact) mass is 404 g/mol. The van der Waals surface area contributed by atoms with Crippen LogP contribution in [-0.2, 0) is 9.53 Å². The third-order valence-electron chi connectivity index (χ3n) is 2.74. The van der Waals surface area contributed by atoms with Gasteiger partial charge in [-0.25, -0.2) is 14.2 Å². The number of nitrogens with zero attached hydrogens (tertiary/aromatic N) is 3. The topological polar surface area (TPSA) is 94.1 Å². The van der Waals surface area contributed by atoms with E-state index >= 15 is 0 Å². The number of halogens is 3. The minimum Gasteiger partial charge on any atom is -0.462 e. The molecular formula is C14H11Cl2FN4O3S. The summed E-state index contributed by atoms with van der Waals surface area (Å²) in [5.74, 6) is -2.72. The fraction of sp³-hybridized carbons (Fsp3) is 0.214. The molecule has 0 aliphatic carbocycles. The second kappa shape index (κ2) is 8.32. The lowest BCUT2D eigenvalue weighted by molar-refractivity contribution is -0.138. The maximum Gasteiger partial charge on any atom is 0.343 e. The molecule has 0 amide bonds. The Hall–Kier alpha value is -2.10. The Balaban J connectivity index is 2.39. The molecule has 0 bridgehead atoms. The second-order valence-corrected chi connectivity index (χ2v) is 6.38. The number of hydrogen-bond donors (Lipinski definition) is 1. The average molecular weight is 405 g/mol. The third-order valence-corrected chi connectivity index (χ3v) is 4.06. The number of ketones is 1. The molecule has 0 aliphatic heterocycles. The van der Waals surface area contributed by atoms with E-state index in [-0.39, 0.29) is 17.3 Å². The van der Waals surface area contributed by atoms with E-state index in [0.717, 1.165) is 12.3 Å². The molecular weight excluding hydrogens is 394 g/mol. The summed E-state index contributed by atoms with van der Waals surface area (Å²) in [6, 6.07) is 0.808. The highest BCUT2D eigenvalue weighted by atomic mass is 35.5. The SMILES string of the molecule is CCOC(=O)/C(=C\Nc1nnc(C)s1)C(=O)c1cc(F)c(Cl)nc1Cl. The first-order valence-corrected chi connectivity index (χ1v) is 8.40. The number of carbonyl (C=O) groups is 2. The molecule has 0 aliphatic rings. The molecule has 132 valence electrons. The number of Topliss-reactive ketones (excluding diaryl/α,β-unsaturated/α-hetero) is 1. The Morgan fingerprint density at radius 1 is 1.36 bits per heavy atom. The molecule has 0 saturated carbocycles. The van der Waals surface area contributed by atoms with Gasteiger partial charge >= 0.3 is 5.97 Å². The van der Waals surface area contributed by atoms with Crippen LogP contribution in [0, 0.1) is 12.7 Å². The van der Waals surface area contributed by atoms with Gasteiger partial charge in [0.25, 0.3) is 0 Å². The van der Waals surface area contributed by atoms with Gasteiger partial charge in [0.2, 0.25) is 10.9 Å². The van der Waals surface area contributed by atoms with Crippen molar-refractivity contribution in [2.24, 2.45) is 0 Å². The number of anilines is 1. The molecule has 0 fully saturated rings. The molecule has 25 heavy (non-hydrogen) atoms. The van der Waals surface area contributed by atoms with Crippen molar-refractivity contribution in [2.45, 2.75) is 13.8 Å². The molecule has 7 nitrogen and oxygen atoms in total. The van der Waals surface area contributed by atoms with Crippen LogP contribution in [0.1, 0.15) is 22.3 Å². The second-order valence-electron chi connectivity index (χ2n) is 4.48. The summed E-state index contributed by atoms with van der Waals surface area (Å²) in [5.41, 5.74) is -0.724. The number of nitrogens with one attached hydrogen (secondary N) is 1. The van der Waals surface area contributed by atoms with Gasteiger partial charge < -0.3 is 10.1 Å². The van der Waals surface area contributed by atoms with Crippen LogP contribution >= 0.6 is 34.5 Å². The van der Waals surface area contributed by atoms with Gasteiger partial charge in [-0.15, -0.1) is 10.2 Å². The number of aromatic nitrogens is 3. The van der Waals surface area contributed by atoms with E-state index in [1.807, 2.05) is 0 Å². The van der Waals surface area contributed by atoms with Gasteiger partial charge in [-0.05, 0) is 19.9 Å². The smallest absolute Gasteiger partial charge is 0.343 e. The first-order chi connectivity index (χ1) is 11.8. The van der Waals surface area contributed by atoms with E-state index in [2.05, 4.69) is 20.5 Å². The third kappa shape index (κ3) is 4.71. The summed E-state index contributed by atoms with van der Waals surface area (Å²) >= 11 is 12.6. The summed E-state index contributed by atoms with van der Waals surface area (Å²) in [7, 11) is 0. The van der Waals surface area contributed by atoms with Crippen molar-refractivity contribution in [2.75, 3.05) is 11.9 Å². The lowest BCUT2D eigenvalue weighted by atomic mass is 10.1. The maximum atomic E-state index is 13.6. The van der Waals surface area contributed by atoms with E-state index in [0.29, 0.717) is 10.1 Å². The molecule has 2 heterocycles. The minimum atomic E-state index is -0.940. The summed E-state index contributed by atoms with van der Waals surface area (Å²) in [6.45, 7) is 3.37. The predicted molar refractivity (Wildman–Crippen MR) is 91.5 cm³/mol. The minimum absolute atomic E-state index is 0.0440. The van der Waals surface area contributed by atoms with E-state index in [9.17, 15) is 14.0 Å². The van der Waals surface area contributed by atoms with Crippen LogP contribution in [0.4, 0.5) is 9.52 Å². The summed E-state index contributed by atoms with van der Waals surface area (Å²) in [5, 5.41) is 10.5. The molecule has 1 N–H and O–H groups in total. The Labute approximate surface area is 155 Å². The Kier molecular flexibility index (Phi) is 6.40. The molecule has 2 aromatic heterocycles. The van der Waals surface area contributed by atoms with Crippen molar-refractivity contribution >= 4 is 51.4 Å². The zero-order valence-corrected chi connectivity index (χ0v) is 15.3. The van der Waals surface area contributed by atoms with Crippen molar-refractivity contribution in [1.29, 1.82) is 0 Å². The van der Waals surface area contributed by atoms with Crippen molar-refractivity contribution < 1.29 is 18.7 Å². The zero-order valence-electron chi connectivity index (χ0n) is 13.0. The van der Waals surface area contributed by atoms with Crippen LogP contribution in [0.15, 0.2) is 17.8 Å². The largest absolute Gasteiger partial charge is 0.462 e. The van der Waals surface area contributed by atoms with Crippen molar-refractivity contribution in [3.63, 3.8) is 0 Å². The van der Waals surface area contributed by atoms with Gasteiger partial charge in [-0.1, -0.05) is 34.5 Å². The molecule has 0 radical (unpaired) electrons. The summed E-state index contributed by atoms with van der Waals surface area (Å²) in [6.07, 6.45) is 1.10. The normalized spacial score (nSPS) is 11.3. The van der Waals surface area contributed by atoms with E-state index < -0.39 is 28.3 Å². The molecule has 0 aromatic carbocycles. The molecule has 0 saturated heterocycles. The molecule has 0 atom stereocenters. The van der Waals surface area contributed by atoms with Crippen molar-refractivity contribution in [3.8, 4) is 0 Å². The van der Waals surface area contributed by atoms with Crippen LogP contribution in [-0.4, -0.2) is 33.5 Å². The first kappa shape index (κ1) is 19.2. The molecule has 0 unspecified atom stereocenters. The van der Waals surface area contributed by atoms with Crippen molar-refractivity contribution in [3.05, 3.63) is 44.5 Å². The van der Waals surface area contributed by atoms with Crippen LogP contribution in [0.2, 0.25) is 10.3 Å². The number of ether oxygens (including phenoxy) is 1. The van der Waals surface area contributed by atoms with E-state index in [1.165, 1.54) is 11.3 Å². The van der Waals surface area contributed by atoms with Gasteiger partial charge in [0.1, 0.15) is 15.7 Å². The van der Waals surface area contributed by atoms with Crippen molar-refractivity contribution in [1.82, 2.24) is 15.2 Å². The number of pyridine rings is 1. The van der Waals surface area contributed by atoms with Gasteiger partial charge in [0.05, 0.1) is 12.2 Å². The standard InChI is InChI=1S/C14H11Cl2FN4O3S/c1-3-24-13(23)8(5-18-14-21-20-6(2)25-14)10(22)7-4-9(17)12(16)19-11(7)15/h4-5H,3H2,1-2H3,(H,18,21)/b8-5-. The summed E-state index contributed by atoms with van der Waals surface area (Å²) in [4.78, 5) is 28.2. The zero-order chi connectivity index (χ0) is 18.6. The van der Waals surface area contributed by atoms with E-state index in [4.69, 9.17) is 27.9 Å². The van der Waals surface area contributed by atoms with Gasteiger partial charge in [-0.3, -0.25) is 4.79 Å². The number of esters is 1. The molecule has 2 aromatic rings.